The average molecular weight is 727 g/mol. The Morgan fingerprint density at radius 3 is 1.24 bits per heavy atom. The van der Waals surface area contributed by atoms with Crippen LogP contribution in [0.25, 0.3) is 54.2 Å². The molecule has 0 saturated heterocycles. The third kappa shape index (κ3) is 8.03. The lowest BCUT2D eigenvalue weighted by Crippen LogP contribution is -2.17. The number of carbonyl (C=O) groups is 2. The van der Waals surface area contributed by atoms with Gasteiger partial charge in [0.2, 0.25) is 0 Å². The Hall–Kier alpha value is -5.10. The van der Waals surface area contributed by atoms with Crippen molar-refractivity contribution < 1.29 is 28.5 Å². The summed E-state index contributed by atoms with van der Waals surface area (Å²) in [5.41, 5.74) is 3.98. The van der Waals surface area contributed by atoms with E-state index < -0.39 is 12.3 Å². The molecule has 0 amide bonds. The summed E-state index contributed by atoms with van der Waals surface area (Å²) in [5, 5.41) is 7.09. The van der Waals surface area contributed by atoms with Crippen LogP contribution in [0.1, 0.15) is 90.2 Å². The predicted molar refractivity (Wildman–Crippen MR) is 222 cm³/mol. The van der Waals surface area contributed by atoms with Crippen LogP contribution in [-0.2, 0) is 9.47 Å². The van der Waals surface area contributed by atoms with Crippen molar-refractivity contribution in [2.45, 2.75) is 92.9 Å². The summed E-state index contributed by atoms with van der Waals surface area (Å²) in [6, 6.07) is 28.6. The minimum absolute atomic E-state index is 0.299. The zero-order valence-electron chi connectivity index (χ0n) is 32.8. The van der Waals surface area contributed by atoms with E-state index in [9.17, 15) is 9.59 Å². The smallest absolute Gasteiger partial charge is 0.434 e. The summed E-state index contributed by atoms with van der Waals surface area (Å²) in [6.07, 6.45) is 6.96. The zero-order chi connectivity index (χ0) is 38.2. The summed E-state index contributed by atoms with van der Waals surface area (Å²) in [5.74, 6) is 1.58. The second-order valence-corrected chi connectivity index (χ2v) is 14.7. The van der Waals surface area contributed by atoms with Gasteiger partial charge in [0.05, 0.1) is 13.2 Å². The van der Waals surface area contributed by atoms with Crippen LogP contribution in [-0.4, -0.2) is 25.5 Å². The van der Waals surface area contributed by atoms with E-state index in [-0.39, 0.29) is 0 Å². The molecule has 2 atom stereocenters. The van der Waals surface area contributed by atoms with E-state index in [0.29, 0.717) is 36.5 Å². The first-order valence-electron chi connectivity index (χ1n) is 19.9. The lowest BCUT2D eigenvalue weighted by molar-refractivity contribution is 0.0811. The molecule has 0 aliphatic rings. The van der Waals surface area contributed by atoms with Crippen molar-refractivity contribution in [3.05, 3.63) is 96.1 Å². The number of unbranched alkanes of at least 4 members (excludes halogenated alkanes) is 2. The van der Waals surface area contributed by atoms with Crippen molar-refractivity contribution in [2.24, 2.45) is 11.8 Å². The van der Waals surface area contributed by atoms with Crippen molar-refractivity contribution >= 4 is 55.4 Å². The molecule has 0 spiro atoms. The van der Waals surface area contributed by atoms with Gasteiger partial charge in [-0.25, -0.2) is 9.59 Å². The second-order valence-electron chi connectivity index (χ2n) is 14.7. The van der Waals surface area contributed by atoms with Crippen LogP contribution in [0.2, 0.25) is 0 Å². The van der Waals surface area contributed by atoms with Gasteiger partial charge in [-0.2, -0.15) is 0 Å². The highest BCUT2D eigenvalue weighted by Crippen LogP contribution is 2.51. The van der Waals surface area contributed by atoms with E-state index in [1.165, 1.54) is 0 Å². The molecule has 0 N–H and O–H groups in total. The monoisotopic (exact) mass is 726 g/mol. The molecule has 2 unspecified atom stereocenters. The van der Waals surface area contributed by atoms with Gasteiger partial charge in [-0.05, 0) is 82.3 Å². The number of rotatable bonds is 15. The molecule has 0 radical (unpaired) electrons. The number of hydrogen-bond acceptors (Lipinski definition) is 6. The molecule has 0 heterocycles. The van der Waals surface area contributed by atoms with Crippen LogP contribution in [0, 0.1) is 25.7 Å². The molecule has 6 heteroatoms. The summed E-state index contributed by atoms with van der Waals surface area (Å²) in [6.45, 7) is 13.4. The Balaban J connectivity index is 1.52. The van der Waals surface area contributed by atoms with Gasteiger partial charge in [0.25, 0.3) is 0 Å². The first-order valence-corrected chi connectivity index (χ1v) is 19.9. The topological polar surface area (TPSA) is 71.1 Å². The molecule has 282 valence electrons. The molecule has 6 aromatic rings. The van der Waals surface area contributed by atoms with Crippen molar-refractivity contribution in [2.75, 3.05) is 13.2 Å². The van der Waals surface area contributed by atoms with Gasteiger partial charge in [0.15, 0.2) is 11.5 Å². The number of aryl methyl sites for hydroxylation is 2. The molecule has 0 bridgehead atoms. The molecule has 0 saturated carbocycles. The molecule has 6 nitrogen and oxygen atoms in total. The molecule has 6 aromatic carbocycles. The third-order valence-electron chi connectivity index (χ3n) is 11.0. The minimum Gasteiger partial charge on any atom is -0.434 e. The number of benzene rings is 6. The van der Waals surface area contributed by atoms with Crippen LogP contribution >= 0.6 is 0 Å². The molecule has 0 aliphatic heterocycles. The number of hydrogen-bond donors (Lipinski definition) is 0. The average Bonchev–Trinajstić information content (AvgIpc) is 3.18. The molecular formula is C48H54O6. The number of fused-ring (bicyclic) bond motifs is 4. The Bertz CT molecular complexity index is 2110. The van der Waals surface area contributed by atoms with Crippen molar-refractivity contribution in [1.29, 1.82) is 0 Å². The van der Waals surface area contributed by atoms with Crippen LogP contribution in [0.3, 0.4) is 0 Å². The molecule has 0 aliphatic carbocycles. The maximum Gasteiger partial charge on any atom is 0.513 e. The van der Waals surface area contributed by atoms with Gasteiger partial charge in [0, 0.05) is 21.5 Å². The minimum atomic E-state index is -0.692. The lowest BCUT2D eigenvalue weighted by Gasteiger charge is -2.22. The van der Waals surface area contributed by atoms with Crippen LogP contribution < -0.4 is 9.47 Å². The molecular weight excluding hydrogens is 673 g/mol. The summed E-state index contributed by atoms with van der Waals surface area (Å²) in [4.78, 5) is 26.8. The van der Waals surface area contributed by atoms with Crippen LogP contribution in [0.4, 0.5) is 9.59 Å². The quantitative estimate of drug-likeness (QED) is 0.0596. The van der Waals surface area contributed by atoms with Crippen LogP contribution in [0.5, 0.6) is 11.5 Å². The Morgan fingerprint density at radius 1 is 0.500 bits per heavy atom. The predicted octanol–water partition coefficient (Wildman–Crippen LogP) is 14.0. The summed E-state index contributed by atoms with van der Waals surface area (Å²) < 4.78 is 23.9. The Labute approximate surface area is 319 Å². The number of ether oxygens (including phenoxy) is 4. The third-order valence-corrected chi connectivity index (χ3v) is 11.0. The highest BCUT2D eigenvalue weighted by atomic mass is 16.7. The first-order chi connectivity index (χ1) is 26.3. The fraction of sp³-hybridized carbons (Fsp3) is 0.375. The molecule has 0 aromatic heterocycles. The first kappa shape index (κ1) is 38.6. The fourth-order valence-electron chi connectivity index (χ4n) is 7.86. The van der Waals surface area contributed by atoms with E-state index in [2.05, 4.69) is 52.0 Å². The zero-order valence-corrected chi connectivity index (χ0v) is 32.8. The standard InChI is InChI=1S/C48H54O6/c1-7-11-21-33(9-3)29-51-47(49)53-45-37-25-15-13-23-35(37)43(39-27-17-19-31(5)41(39)45)44-36-24-14-16-26-38(36)46(42-32(6)20-18-28-40(42)44)54-48(50)52-30-34(10-4)22-12-8-2/h13-20,23-28,33-34H,7-12,21-22,29-30H2,1-6H3. The normalized spacial score (nSPS) is 12.6. The van der Waals surface area contributed by atoms with Gasteiger partial charge in [-0.1, -0.05) is 151 Å². The highest BCUT2D eigenvalue weighted by Gasteiger charge is 2.26. The van der Waals surface area contributed by atoms with E-state index in [1.807, 2.05) is 74.5 Å². The highest BCUT2D eigenvalue weighted by molar-refractivity contribution is 6.27. The van der Waals surface area contributed by atoms with Gasteiger partial charge < -0.3 is 18.9 Å². The van der Waals surface area contributed by atoms with Crippen LogP contribution in [0.15, 0.2) is 84.9 Å². The van der Waals surface area contributed by atoms with Crippen molar-refractivity contribution in [1.82, 2.24) is 0 Å². The van der Waals surface area contributed by atoms with Gasteiger partial charge in [-0.3, -0.25) is 0 Å². The van der Waals surface area contributed by atoms with E-state index >= 15 is 0 Å². The van der Waals surface area contributed by atoms with Gasteiger partial charge >= 0.3 is 12.3 Å². The van der Waals surface area contributed by atoms with Crippen molar-refractivity contribution in [3.8, 4) is 22.6 Å². The molecule has 6 rings (SSSR count). The maximum absolute atomic E-state index is 13.4. The van der Waals surface area contributed by atoms with E-state index in [4.69, 9.17) is 18.9 Å². The van der Waals surface area contributed by atoms with Crippen molar-refractivity contribution in [3.63, 3.8) is 0 Å². The lowest BCUT2D eigenvalue weighted by atomic mass is 9.84. The van der Waals surface area contributed by atoms with E-state index in [0.717, 1.165) is 117 Å². The fourth-order valence-corrected chi connectivity index (χ4v) is 7.86. The van der Waals surface area contributed by atoms with E-state index in [1.54, 1.807) is 0 Å². The molecule has 0 fully saturated rings. The number of carbonyl (C=O) groups excluding carboxylic acids is 2. The Morgan fingerprint density at radius 2 is 0.870 bits per heavy atom. The summed E-state index contributed by atoms with van der Waals surface area (Å²) >= 11 is 0. The largest absolute Gasteiger partial charge is 0.513 e. The Kier molecular flexibility index (Phi) is 12.7. The molecule has 54 heavy (non-hydrogen) atoms. The second kappa shape index (κ2) is 17.8. The van der Waals surface area contributed by atoms with Gasteiger partial charge in [0.1, 0.15) is 0 Å². The summed E-state index contributed by atoms with van der Waals surface area (Å²) in [7, 11) is 0. The SMILES string of the molecule is CCCCC(CC)COC(=O)Oc1c2ccccc2c(-c2c3ccccc3c(OC(=O)OCC(CC)CCCC)c3c(C)cccc23)c2cccc(C)c12. The maximum atomic E-state index is 13.4. The van der Waals surface area contributed by atoms with Gasteiger partial charge in [-0.15, -0.1) is 0 Å².